The predicted molar refractivity (Wildman–Crippen MR) is 79.8 cm³/mol. The molecule has 1 rings (SSSR count). The summed E-state index contributed by atoms with van der Waals surface area (Å²) < 4.78 is 31.8. The van der Waals surface area contributed by atoms with Gasteiger partial charge in [0, 0.05) is 13.0 Å². The Balaban J connectivity index is 2.48. The van der Waals surface area contributed by atoms with Gasteiger partial charge in [-0.05, 0) is 48.8 Å². The molecule has 1 aromatic rings. The van der Waals surface area contributed by atoms with Gasteiger partial charge >= 0.3 is 6.09 Å². The molecule has 0 bridgehead atoms. The lowest BCUT2D eigenvalue weighted by Crippen LogP contribution is -2.32. The Morgan fingerprint density at radius 3 is 2.62 bits per heavy atom. The van der Waals surface area contributed by atoms with Crippen LogP contribution >= 0.6 is 15.9 Å². The molecule has 0 heterocycles. The normalized spacial score (nSPS) is 10.6. The molecule has 0 atom stereocenters. The van der Waals surface area contributed by atoms with Gasteiger partial charge in [-0.3, -0.25) is 0 Å². The summed E-state index contributed by atoms with van der Waals surface area (Å²) in [6.07, 6.45) is -0.235. The summed E-state index contributed by atoms with van der Waals surface area (Å²) >= 11 is 2.89. The highest BCUT2D eigenvalue weighted by Crippen LogP contribution is 2.19. The van der Waals surface area contributed by atoms with Gasteiger partial charge in [0.15, 0.2) is 0 Å². The average Bonchev–Trinajstić information content (AvgIpc) is 2.32. The number of carbonyl (C=O) groups is 1. The number of alkyl carbamates (subject to hydrolysis) is 1. The van der Waals surface area contributed by atoms with Gasteiger partial charge in [-0.2, -0.15) is 0 Å². The smallest absolute Gasteiger partial charge is 0.407 e. The van der Waals surface area contributed by atoms with Gasteiger partial charge in [-0.15, -0.1) is 0 Å². The Morgan fingerprint density at radius 1 is 1.33 bits per heavy atom. The maximum atomic E-state index is 13.5. The fourth-order valence-corrected chi connectivity index (χ4v) is 1.63. The number of hydrogen-bond acceptors (Lipinski definition) is 2. The summed E-state index contributed by atoms with van der Waals surface area (Å²) in [5.41, 5.74) is -0.582. The van der Waals surface area contributed by atoms with Crippen molar-refractivity contribution in [1.82, 2.24) is 5.32 Å². The molecule has 1 amide bonds. The van der Waals surface area contributed by atoms with Crippen LogP contribution in [-0.4, -0.2) is 18.2 Å². The summed E-state index contributed by atoms with van der Waals surface area (Å²) in [5, 5.41) is 2.52. The first-order chi connectivity index (χ1) is 9.69. The number of rotatable bonds is 2. The highest BCUT2D eigenvalue weighted by molar-refractivity contribution is 9.10. The third kappa shape index (κ3) is 6.58. The molecule has 1 N–H and O–H groups in total. The Labute approximate surface area is 131 Å². The van der Waals surface area contributed by atoms with E-state index in [0.717, 1.165) is 12.1 Å². The van der Waals surface area contributed by atoms with Crippen molar-refractivity contribution in [2.24, 2.45) is 0 Å². The van der Waals surface area contributed by atoms with Crippen molar-refractivity contribution in [2.75, 3.05) is 6.54 Å². The molecular weight excluding hydrogens is 344 g/mol. The number of amides is 1. The van der Waals surface area contributed by atoms with Crippen LogP contribution in [0.4, 0.5) is 13.6 Å². The van der Waals surface area contributed by atoms with Gasteiger partial charge in [0.2, 0.25) is 0 Å². The van der Waals surface area contributed by atoms with Gasteiger partial charge in [-0.25, -0.2) is 13.6 Å². The van der Waals surface area contributed by atoms with Gasteiger partial charge in [0.05, 0.1) is 10.0 Å². The maximum Gasteiger partial charge on any atom is 0.407 e. The minimum absolute atomic E-state index is 0.0204. The zero-order valence-electron chi connectivity index (χ0n) is 12.0. The van der Waals surface area contributed by atoms with Crippen LogP contribution < -0.4 is 5.32 Å². The van der Waals surface area contributed by atoms with Gasteiger partial charge in [0.1, 0.15) is 17.2 Å². The highest BCUT2D eigenvalue weighted by atomic mass is 79.9. The van der Waals surface area contributed by atoms with Gasteiger partial charge in [-0.1, -0.05) is 11.8 Å². The lowest BCUT2D eigenvalue weighted by molar-refractivity contribution is 0.0529. The summed E-state index contributed by atoms with van der Waals surface area (Å²) in [4.78, 5) is 11.3. The van der Waals surface area contributed by atoms with E-state index in [9.17, 15) is 13.6 Å². The van der Waals surface area contributed by atoms with E-state index in [1.165, 1.54) is 0 Å². The summed E-state index contributed by atoms with van der Waals surface area (Å²) in [6, 6.07) is 2.05. The van der Waals surface area contributed by atoms with Crippen molar-refractivity contribution in [2.45, 2.75) is 32.8 Å². The molecule has 0 radical (unpaired) electrons. The first kappa shape index (κ1) is 17.4. The molecule has 0 aliphatic heterocycles. The maximum absolute atomic E-state index is 13.5. The number of carbonyl (C=O) groups excluding carboxylic acids is 1. The van der Waals surface area contributed by atoms with Crippen LogP contribution in [0.5, 0.6) is 0 Å². The molecule has 0 fully saturated rings. The molecule has 1 aromatic carbocycles. The first-order valence-corrected chi connectivity index (χ1v) is 7.08. The lowest BCUT2D eigenvalue weighted by atomic mass is 10.2. The van der Waals surface area contributed by atoms with Crippen molar-refractivity contribution in [3.05, 3.63) is 33.8 Å². The van der Waals surface area contributed by atoms with Crippen molar-refractivity contribution >= 4 is 22.0 Å². The zero-order valence-corrected chi connectivity index (χ0v) is 13.6. The number of halogens is 3. The highest BCUT2D eigenvalue weighted by Gasteiger charge is 2.15. The third-order valence-electron chi connectivity index (χ3n) is 2.15. The molecule has 0 saturated carbocycles. The summed E-state index contributed by atoms with van der Waals surface area (Å²) in [7, 11) is 0. The molecule has 0 spiro atoms. The molecule has 3 nitrogen and oxygen atoms in total. The van der Waals surface area contributed by atoms with Crippen LogP contribution in [0.2, 0.25) is 0 Å². The van der Waals surface area contributed by atoms with E-state index in [4.69, 9.17) is 4.74 Å². The fraction of sp³-hybridized carbons (Fsp3) is 0.400. The van der Waals surface area contributed by atoms with Crippen molar-refractivity contribution < 1.29 is 18.3 Å². The van der Waals surface area contributed by atoms with E-state index in [-0.39, 0.29) is 16.6 Å². The molecule has 0 aromatic heterocycles. The van der Waals surface area contributed by atoms with E-state index >= 15 is 0 Å². The quantitative estimate of drug-likeness (QED) is 0.492. The van der Waals surface area contributed by atoms with Crippen LogP contribution in [0.25, 0.3) is 0 Å². The molecule has 0 aliphatic carbocycles. The second-order valence-electron chi connectivity index (χ2n) is 5.23. The minimum Gasteiger partial charge on any atom is -0.444 e. The van der Waals surface area contributed by atoms with E-state index < -0.39 is 23.3 Å². The van der Waals surface area contributed by atoms with E-state index in [1.54, 1.807) is 20.8 Å². The standard InChI is InChI=1S/C15H16BrF2NO2/c1-15(2,3)21-14(20)19-7-5-4-6-10-8-13(18)11(16)9-12(10)17/h8-9H,5,7H2,1-3H3,(H,19,20). The Kier molecular flexibility index (Phi) is 6.16. The zero-order chi connectivity index (χ0) is 16.0. The largest absolute Gasteiger partial charge is 0.444 e. The average molecular weight is 360 g/mol. The number of benzene rings is 1. The van der Waals surface area contributed by atoms with Crippen LogP contribution in [0, 0.1) is 23.5 Å². The van der Waals surface area contributed by atoms with Crippen molar-refractivity contribution in [3.63, 3.8) is 0 Å². The van der Waals surface area contributed by atoms with Gasteiger partial charge in [0.25, 0.3) is 0 Å². The first-order valence-electron chi connectivity index (χ1n) is 6.29. The van der Waals surface area contributed by atoms with E-state index in [1.807, 2.05) is 0 Å². The number of nitrogens with one attached hydrogen (secondary N) is 1. The Bertz CT molecular complexity index is 586. The van der Waals surface area contributed by atoms with Gasteiger partial charge < -0.3 is 10.1 Å². The van der Waals surface area contributed by atoms with Crippen LogP contribution in [0.15, 0.2) is 16.6 Å². The molecule has 0 unspecified atom stereocenters. The van der Waals surface area contributed by atoms with Crippen LogP contribution in [0.1, 0.15) is 32.8 Å². The monoisotopic (exact) mass is 359 g/mol. The molecule has 0 saturated heterocycles. The molecule has 21 heavy (non-hydrogen) atoms. The molecule has 0 aliphatic rings. The van der Waals surface area contributed by atoms with Crippen LogP contribution in [0.3, 0.4) is 0 Å². The molecule has 114 valence electrons. The number of hydrogen-bond donors (Lipinski definition) is 1. The van der Waals surface area contributed by atoms with Crippen molar-refractivity contribution in [1.29, 1.82) is 0 Å². The lowest BCUT2D eigenvalue weighted by Gasteiger charge is -2.19. The second-order valence-corrected chi connectivity index (χ2v) is 6.08. The topological polar surface area (TPSA) is 38.3 Å². The Morgan fingerprint density at radius 2 is 2.00 bits per heavy atom. The molecular formula is C15H16BrF2NO2. The summed E-state index contributed by atoms with van der Waals surface area (Å²) in [6.45, 7) is 5.55. The molecule has 6 heteroatoms. The minimum atomic E-state index is -0.601. The number of ether oxygens (including phenoxy) is 1. The van der Waals surface area contributed by atoms with Crippen LogP contribution in [-0.2, 0) is 4.74 Å². The SMILES string of the molecule is CC(C)(C)OC(=O)NCCC#Cc1cc(F)c(Br)cc1F. The fourth-order valence-electron chi connectivity index (χ4n) is 1.32. The Hall–Kier alpha value is -1.61. The second kappa shape index (κ2) is 7.41. The summed E-state index contributed by atoms with van der Waals surface area (Å²) in [5.74, 6) is 4.01. The van der Waals surface area contributed by atoms with E-state index in [2.05, 4.69) is 33.1 Å². The van der Waals surface area contributed by atoms with E-state index in [0.29, 0.717) is 6.42 Å². The predicted octanol–water partition coefficient (Wildman–Crippen LogP) is 3.99. The third-order valence-corrected chi connectivity index (χ3v) is 2.76. The van der Waals surface area contributed by atoms with Crippen molar-refractivity contribution in [3.8, 4) is 11.8 Å².